The fourth-order valence-electron chi connectivity index (χ4n) is 3.71. The highest BCUT2D eigenvalue weighted by Gasteiger charge is 2.36. The van der Waals surface area contributed by atoms with E-state index in [0.29, 0.717) is 32.5 Å². The van der Waals surface area contributed by atoms with Crippen molar-refractivity contribution in [1.82, 2.24) is 14.8 Å². The first-order chi connectivity index (χ1) is 13.5. The van der Waals surface area contributed by atoms with Crippen LogP contribution in [0.4, 0.5) is 0 Å². The van der Waals surface area contributed by atoms with Crippen molar-refractivity contribution < 1.29 is 9.59 Å². The lowest BCUT2D eigenvalue weighted by Gasteiger charge is -2.40. The molecule has 0 saturated carbocycles. The van der Waals surface area contributed by atoms with Crippen LogP contribution in [0, 0.1) is 5.92 Å². The van der Waals surface area contributed by atoms with E-state index in [2.05, 4.69) is 17.1 Å². The zero-order valence-electron chi connectivity index (χ0n) is 17.0. The minimum absolute atomic E-state index is 0.0576. The van der Waals surface area contributed by atoms with Gasteiger partial charge in [0.25, 0.3) is 0 Å². The van der Waals surface area contributed by atoms with Gasteiger partial charge in [-0.1, -0.05) is 44.2 Å². The van der Waals surface area contributed by atoms with Crippen molar-refractivity contribution in [2.24, 2.45) is 5.92 Å². The number of carbonyl (C=O) groups excluding carboxylic acids is 2. The van der Waals surface area contributed by atoms with E-state index in [1.54, 1.807) is 11.1 Å². The predicted octanol–water partition coefficient (Wildman–Crippen LogP) is 3.40. The fourth-order valence-corrected chi connectivity index (χ4v) is 3.71. The van der Waals surface area contributed by atoms with Crippen molar-refractivity contribution in [2.75, 3.05) is 19.6 Å². The molecule has 1 aromatic carbocycles. The maximum absolute atomic E-state index is 13.0. The Hall–Kier alpha value is -2.69. The van der Waals surface area contributed by atoms with Crippen LogP contribution in [0.5, 0.6) is 0 Å². The molecule has 28 heavy (non-hydrogen) atoms. The number of nitrogens with zero attached hydrogens (tertiary/aromatic N) is 3. The topological polar surface area (TPSA) is 53.5 Å². The number of piperazine rings is 1. The highest BCUT2D eigenvalue weighted by Crippen LogP contribution is 2.22. The molecule has 2 aromatic rings. The van der Waals surface area contributed by atoms with Crippen molar-refractivity contribution >= 4 is 11.8 Å². The zero-order valence-corrected chi connectivity index (χ0v) is 17.0. The molecule has 1 aliphatic heterocycles. The van der Waals surface area contributed by atoms with E-state index < -0.39 is 6.04 Å². The molecule has 148 valence electrons. The molecule has 0 unspecified atom stereocenters. The summed E-state index contributed by atoms with van der Waals surface area (Å²) in [5.74, 6) is 0.421. The van der Waals surface area contributed by atoms with E-state index in [9.17, 15) is 9.59 Å². The van der Waals surface area contributed by atoms with Crippen molar-refractivity contribution in [2.45, 2.75) is 39.7 Å². The lowest BCUT2D eigenvalue weighted by Crippen LogP contribution is -2.59. The smallest absolute Gasteiger partial charge is 0.245 e. The summed E-state index contributed by atoms with van der Waals surface area (Å²) >= 11 is 0. The van der Waals surface area contributed by atoms with Gasteiger partial charge in [0.1, 0.15) is 6.04 Å². The van der Waals surface area contributed by atoms with Gasteiger partial charge in [-0.3, -0.25) is 14.6 Å². The second kappa shape index (κ2) is 9.00. The third kappa shape index (κ3) is 4.58. The molecule has 5 heteroatoms. The minimum Gasteiger partial charge on any atom is -0.339 e. The van der Waals surface area contributed by atoms with Gasteiger partial charge in [0, 0.05) is 44.9 Å². The van der Waals surface area contributed by atoms with Gasteiger partial charge >= 0.3 is 0 Å². The van der Waals surface area contributed by atoms with Crippen molar-refractivity contribution in [3.63, 3.8) is 0 Å². The predicted molar refractivity (Wildman–Crippen MR) is 111 cm³/mol. The number of benzene rings is 1. The van der Waals surface area contributed by atoms with Gasteiger partial charge in [-0.05, 0) is 35.6 Å². The van der Waals surface area contributed by atoms with Gasteiger partial charge in [0.05, 0.1) is 0 Å². The summed E-state index contributed by atoms with van der Waals surface area (Å²) in [6.45, 7) is 7.98. The number of hydrogen-bond donors (Lipinski definition) is 0. The Labute approximate surface area is 167 Å². The standard InChI is InChI=1S/C23H29N3O2/c1-4-25-12-13-26(22(27)14-17(2)3)21(23(25)28)15-18-7-9-19(10-8-18)20-6-5-11-24-16-20/h5-11,16-17,21H,4,12-15H2,1-3H3/t21-/m0/s1. The molecule has 1 aliphatic rings. The quantitative estimate of drug-likeness (QED) is 0.773. The Morgan fingerprint density at radius 2 is 1.89 bits per heavy atom. The third-order valence-electron chi connectivity index (χ3n) is 5.25. The molecule has 1 aromatic heterocycles. The van der Waals surface area contributed by atoms with Crippen LogP contribution >= 0.6 is 0 Å². The molecule has 5 nitrogen and oxygen atoms in total. The lowest BCUT2D eigenvalue weighted by molar-refractivity contribution is -0.151. The molecule has 0 spiro atoms. The molecule has 1 saturated heterocycles. The van der Waals surface area contributed by atoms with Crippen LogP contribution in [0.3, 0.4) is 0 Å². The summed E-state index contributed by atoms with van der Waals surface area (Å²) in [6.07, 6.45) is 4.63. The van der Waals surface area contributed by atoms with Crippen LogP contribution in [0.2, 0.25) is 0 Å². The summed E-state index contributed by atoms with van der Waals surface area (Å²) < 4.78 is 0. The van der Waals surface area contributed by atoms with Crippen LogP contribution in [-0.2, 0) is 16.0 Å². The monoisotopic (exact) mass is 379 g/mol. The van der Waals surface area contributed by atoms with Crippen LogP contribution in [-0.4, -0.2) is 52.3 Å². The van der Waals surface area contributed by atoms with E-state index >= 15 is 0 Å². The van der Waals surface area contributed by atoms with E-state index in [0.717, 1.165) is 16.7 Å². The lowest BCUT2D eigenvalue weighted by atomic mass is 9.97. The number of aromatic nitrogens is 1. The van der Waals surface area contributed by atoms with Gasteiger partial charge in [-0.15, -0.1) is 0 Å². The van der Waals surface area contributed by atoms with Crippen LogP contribution in [0.1, 0.15) is 32.8 Å². The number of amides is 2. The second-order valence-corrected chi connectivity index (χ2v) is 7.76. The fraction of sp³-hybridized carbons (Fsp3) is 0.435. The normalized spacial score (nSPS) is 17.3. The summed E-state index contributed by atoms with van der Waals surface area (Å²) in [7, 11) is 0. The van der Waals surface area contributed by atoms with Gasteiger partial charge < -0.3 is 9.80 Å². The molecular formula is C23H29N3O2. The van der Waals surface area contributed by atoms with Gasteiger partial charge in [-0.2, -0.15) is 0 Å². The molecule has 1 fully saturated rings. The average Bonchev–Trinajstić information content (AvgIpc) is 2.70. The number of likely N-dealkylation sites (N-methyl/N-ethyl adjacent to an activating group) is 1. The van der Waals surface area contributed by atoms with Crippen molar-refractivity contribution in [3.05, 3.63) is 54.4 Å². The Balaban J connectivity index is 1.79. The molecule has 0 bridgehead atoms. The summed E-state index contributed by atoms with van der Waals surface area (Å²) in [4.78, 5) is 33.5. The first-order valence-corrected chi connectivity index (χ1v) is 10.1. The third-order valence-corrected chi connectivity index (χ3v) is 5.25. The van der Waals surface area contributed by atoms with Crippen molar-refractivity contribution in [3.8, 4) is 11.1 Å². The maximum atomic E-state index is 13.0. The zero-order chi connectivity index (χ0) is 20.1. The Bertz CT molecular complexity index is 802. The highest BCUT2D eigenvalue weighted by molar-refractivity contribution is 5.89. The Morgan fingerprint density at radius 1 is 1.14 bits per heavy atom. The number of hydrogen-bond acceptors (Lipinski definition) is 3. The van der Waals surface area contributed by atoms with E-state index in [-0.39, 0.29) is 17.7 Å². The van der Waals surface area contributed by atoms with Crippen LogP contribution < -0.4 is 0 Å². The molecule has 2 amide bonds. The molecular weight excluding hydrogens is 350 g/mol. The van der Waals surface area contributed by atoms with Gasteiger partial charge in [0.15, 0.2) is 0 Å². The molecule has 2 heterocycles. The summed E-state index contributed by atoms with van der Waals surface area (Å²) in [6, 6.07) is 11.7. The van der Waals surface area contributed by atoms with E-state index in [1.807, 2.05) is 56.1 Å². The molecule has 0 N–H and O–H groups in total. The van der Waals surface area contributed by atoms with E-state index in [1.165, 1.54) is 0 Å². The Kier molecular flexibility index (Phi) is 6.45. The molecule has 0 radical (unpaired) electrons. The average molecular weight is 380 g/mol. The largest absolute Gasteiger partial charge is 0.339 e. The second-order valence-electron chi connectivity index (χ2n) is 7.76. The first-order valence-electron chi connectivity index (χ1n) is 10.1. The minimum atomic E-state index is -0.413. The van der Waals surface area contributed by atoms with Gasteiger partial charge in [0.2, 0.25) is 11.8 Å². The van der Waals surface area contributed by atoms with Crippen molar-refractivity contribution in [1.29, 1.82) is 0 Å². The summed E-state index contributed by atoms with van der Waals surface area (Å²) in [5.41, 5.74) is 3.22. The van der Waals surface area contributed by atoms with Crippen LogP contribution in [0.25, 0.3) is 11.1 Å². The summed E-state index contributed by atoms with van der Waals surface area (Å²) in [5, 5.41) is 0. The van der Waals surface area contributed by atoms with E-state index in [4.69, 9.17) is 0 Å². The van der Waals surface area contributed by atoms with Crippen LogP contribution in [0.15, 0.2) is 48.8 Å². The Morgan fingerprint density at radius 3 is 2.50 bits per heavy atom. The highest BCUT2D eigenvalue weighted by atomic mass is 16.2. The molecule has 0 aliphatic carbocycles. The van der Waals surface area contributed by atoms with Gasteiger partial charge in [-0.25, -0.2) is 0 Å². The number of pyridine rings is 1. The maximum Gasteiger partial charge on any atom is 0.245 e. The number of carbonyl (C=O) groups is 2. The number of rotatable bonds is 6. The first kappa shape index (κ1) is 20.1. The SMILES string of the molecule is CCN1CCN(C(=O)CC(C)C)[C@@H](Cc2ccc(-c3cccnc3)cc2)C1=O. The molecule has 1 atom stereocenters. The molecule has 3 rings (SSSR count).